The number of fused-ring (bicyclic) bond motifs is 3. The summed E-state index contributed by atoms with van der Waals surface area (Å²) < 4.78 is 1.95. The minimum atomic E-state index is 0.672. The van der Waals surface area contributed by atoms with Crippen LogP contribution in [0.15, 0.2) is 30.9 Å². The lowest BCUT2D eigenvalue weighted by atomic mass is 10.2. The van der Waals surface area contributed by atoms with Crippen LogP contribution < -0.4 is 0 Å². The second kappa shape index (κ2) is 3.16. The Morgan fingerprint density at radius 3 is 2.78 bits per heavy atom. The molecule has 0 unspecified atom stereocenters. The second-order valence-corrected chi connectivity index (χ2v) is 4.02. The molecule has 0 aliphatic heterocycles. The fourth-order valence-electron chi connectivity index (χ4n) is 2.14. The molecule has 3 aromatic heterocycles. The zero-order valence-corrected chi connectivity index (χ0v) is 9.57. The monoisotopic (exact) mass is 239 g/mol. The molecule has 1 aromatic carbocycles. The maximum atomic E-state index is 4.57. The van der Waals surface area contributed by atoms with E-state index in [4.69, 9.17) is 0 Å². The van der Waals surface area contributed by atoms with Gasteiger partial charge in [-0.15, -0.1) is 4.80 Å². The Balaban J connectivity index is 2.15. The van der Waals surface area contributed by atoms with Crippen molar-refractivity contribution in [3.63, 3.8) is 0 Å². The Kier molecular flexibility index (Phi) is 1.64. The van der Waals surface area contributed by atoms with Gasteiger partial charge < -0.3 is 9.55 Å². The molecule has 0 aliphatic carbocycles. The molecule has 0 saturated heterocycles. The molecule has 0 spiro atoms. The molecular formula is C11H9N7. The summed E-state index contributed by atoms with van der Waals surface area (Å²) in [6, 6.07) is 4.00. The Morgan fingerprint density at radius 1 is 1.11 bits per heavy atom. The third-order valence-electron chi connectivity index (χ3n) is 3.01. The fraction of sp³-hybridized carbons (Fsp3) is 0.0909. The molecule has 0 amide bonds. The fourth-order valence-corrected chi connectivity index (χ4v) is 2.14. The van der Waals surface area contributed by atoms with E-state index in [1.165, 1.54) is 4.80 Å². The predicted molar refractivity (Wildman–Crippen MR) is 65.3 cm³/mol. The van der Waals surface area contributed by atoms with Crippen LogP contribution in [0.3, 0.4) is 0 Å². The van der Waals surface area contributed by atoms with E-state index >= 15 is 0 Å². The highest BCUT2D eigenvalue weighted by molar-refractivity contribution is 6.00. The lowest BCUT2D eigenvalue weighted by Gasteiger charge is -1.99. The van der Waals surface area contributed by atoms with Gasteiger partial charge in [0.15, 0.2) is 0 Å². The van der Waals surface area contributed by atoms with Gasteiger partial charge >= 0.3 is 0 Å². The van der Waals surface area contributed by atoms with Crippen LogP contribution in [0.1, 0.15) is 0 Å². The first kappa shape index (κ1) is 9.34. The number of hydrogen-bond acceptors (Lipinski definition) is 4. The predicted octanol–water partition coefficient (Wildman–Crippen LogP) is 1.03. The number of hydrogen-bond donors (Lipinski definition) is 1. The maximum Gasteiger partial charge on any atom is 0.250 e. The first-order valence-corrected chi connectivity index (χ1v) is 5.50. The van der Waals surface area contributed by atoms with Crippen molar-refractivity contribution in [2.24, 2.45) is 7.05 Å². The highest BCUT2D eigenvalue weighted by Crippen LogP contribution is 2.23. The van der Waals surface area contributed by atoms with Gasteiger partial charge in [-0.05, 0) is 12.1 Å². The third-order valence-corrected chi connectivity index (χ3v) is 3.01. The second-order valence-electron chi connectivity index (χ2n) is 4.02. The highest BCUT2D eigenvalue weighted by atomic mass is 15.5. The summed E-state index contributed by atoms with van der Waals surface area (Å²) in [6.07, 6.45) is 4.93. The van der Waals surface area contributed by atoms with Gasteiger partial charge in [0.05, 0.1) is 29.8 Å². The first-order chi connectivity index (χ1) is 8.84. The number of H-pyrrole nitrogens is 1. The summed E-state index contributed by atoms with van der Waals surface area (Å²) in [5.74, 6) is 0.672. The van der Waals surface area contributed by atoms with Gasteiger partial charge in [-0.2, -0.15) is 10.2 Å². The summed E-state index contributed by atoms with van der Waals surface area (Å²) in [5.41, 5.74) is 3.69. The quantitative estimate of drug-likeness (QED) is 0.538. The average Bonchev–Trinajstić information content (AvgIpc) is 3.06. The minimum Gasteiger partial charge on any atom is -0.345 e. The molecule has 1 N–H and O–H groups in total. The van der Waals surface area contributed by atoms with Crippen molar-refractivity contribution in [2.45, 2.75) is 0 Å². The van der Waals surface area contributed by atoms with Gasteiger partial charge in [-0.25, -0.2) is 9.97 Å². The molecule has 7 nitrogen and oxygen atoms in total. The Bertz CT molecular complexity index is 837. The van der Waals surface area contributed by atoms with Crippen LogP contribution in [0.2, 0.25) is 0 Å². The Hall–Kier alpha value is -2.70. The summed E-state index contributed by atoms with van der Waals surface area (Å²) >= 11 is 0. The topological polar surface area (TPSA) is 77.2 Å². The van der Waals surface area contributed by atoms with Crippen LogP contribution in [-0.4, -0.2) is 34.5 Å². The molecule has 4 aromatic rings. The third kappa shape index (κ3) is 1.07. The van der Waals surface area contributed by atoms with Gasteiger partial charge in [0.25, 0.3) is 0 Å². The van der Waals surface area contributed by atoms with Gasteiger partial charge in [0, 0.05) is 7.05 Å². The molecule has 4 rings (SSSR count). The number of imidazole rings is 2. The van der Waals surface area contributed by atoms with E-state index < -0.39 is 0 Å². The zero-order chi connectivity index (χ0) is 12.1. The van der Waals surface area contributed by atoms with Crippen molar-refractivity contribution in [1.82, 2.24) is 34.5 Å². The lowest BCUT2D eigenvalue weighted by Crippen LogP contribution is -2.05. The van der Waals surface area contributed by atoms with Gasteiger partial charge in [-0.1, -0.05) is 0 Å². The Morgan fingerprint density at radius 2 is 1.94 bits per heavy atom. The molecule has 7 heteroatoms. The lowest BCUT2D eigenvalue weighted by molar-refractivity contribution is 0.676. The van der Waals surface area contributed by atoms with Crippen LogP contribution in [0, 0.1) is 0 Å². The van der Waals surface area contributed by atoms with Crippen LogP contribution >= 0.6 is 0 Å². The van der Waals surface area contributed by atoms with Gasteiger partial charge in [0.2, 0.25) is 5.95 Å². The molecule has 88 valence electrons. The van der Waals surface area contributed by atoms with Crippen molar-refractivity contribution in [3.05, 3.63) is 30.9 Å². The summed E-state index contributed by atoms with van der Waals surface area (Å²) in [5, 5.41) is 8.21. The van der Waals surface area contributed by atoms with Crippen LogP contribution in [0.5, 0.6) is 0 Å². The molecule has 0 saturated carbocycles. The molecule has 0 aliphatic rings. The normalized spacial score (nSPS) is 11.6. The minimum absolute atomic E-state index is 0.672. The van der Waals surface area contributed by atoms with Crippen molar-refractivity contribution in [2.75, 3.05) is 0 Å². The molecule has 0 bridgehead atoms. The molecule has 0 fully saturated rings. The maximum absolute atomic E-state index is 4.57. The number of aromatic nitrogens is 7. The number of nitrogens with one attached hydrogen (secondary N) is 1. The molecular weight excluding hydrogens is 230 g/mol. The smallest absolute Gasteiger partial charge is 0.250 e. The molecule has 3 heterocycles. The number of rotatable bonds is 1. The summed E-state index contributed by atoms with van der Waals surface area (Å²) in [4.78, 5) is 13.4. The van der Waals surface area contributed by atoms with E-state index in [2.05, 4.69) is 25.1 Å². The van der Waals surface area contributed by atoms with E-state index in [-0.39, 0.29) is 0 Å². The number of aryl methyl sites for hydroxylation is 1. The molecule has 18 heavy (non-hydrogen) atoms. The standard InChI is InChI=1S/C11H9N7/c1-17-8-3-2-7-9(13-6-12-7)10(8)16-11(17)18-14-4-5-15-18/h2-6H,1H3,(H,12,13). The van der Waals surface area contributed by atoms with Crippen molar-refractivity contribution in [1.29, 1.82) is 0 Å². The molecule has 0 radical (unpaired) electrons. The van der Waals surface area contributed by atoms with Crippen molar-refractivity contribution < 1.29 is 0 Å². The van der Waals surface area contributed by atoms with Crippen LogP contribution in [0.25, 0.3) is 28.0 Å². The van der Waals surface area contributed by atoms with Crippen LogP contribution in [0.4, 0.5) is 0 Å². The van der Waals surface area contributed by atoms with Crippen molar-refractivity contribution >= 4 is 22.1 Å². The molecule has 0 atom stereocenters. The highest BCUT2D eigenvalue weighted by Gasteiger charge is 2.13. The zero-order valence-electron chi connectivity index (χ0n) is 9.57. The van der Waals surface area contributed by atoms with E-state index in [1.807, 2.05) is 23.7 Å². The number of nitrogens with zero attached hydrogens (tertiary/aromatic N) is 6. The van der Waals surface area contributed by atoms with E-state index in [0.29, 0.717) is 5.95 Å². The largest absolute Gasteiger partial charge is 0.345 e. The average molecular weight is 239 g/mol. The first-order valence-electron chi connectivity index (χ1n) is 5.50. The van der Waals surface area contributed by atoms with Crippen molar-refractivity contribution in [3.8, 4) is 5.95 Å². The SMILES string of the molecule is Cn1c(-n2nccn2)nc2c3nc[nH]c3ccc21. The summed E-state index contributed by atoms with van der Waals surface area (Å²) in [7, 11) is 1.94. The number of aromatic amines is 1. The summed E-state index contributed by atoms with van der Waals surface area (Å²) in [6.45, 7) is 0. The van der Waals surface area contributed by atoms with Crippen LogP contribution in [-0.2, 0) is 7.05 Å². The number of benzene rings is 1. The van der Waals surface area contributed by atoms with Gasteiger partial charge in [0.1, 0.15) is 11.0 Å². The van der Waals surface area contributed by atoms with E-state index in [1.54, 1.807) is 18.7 Å². The van der Waals surface area contributed by atoms with E-state index in [0.717, 1.165) is 22.1 Å². The van der Waals surface area contributed by atoms with Gasteiger partial charge in [-0.3, -0.25) is 0 Å². The Labute approximate surface area is 101 Å². The van der Waals surface area contributed by atoms with E-state index in [9.17, 15) is 0 Å².